The van der Waals surface area contributed by atoms with Gasteiger partial charge in [-0.25, -0.2) is 9.78 Å². The zero-order chi connectivity index (χ0) is 9.14. The monoisotopic (exact) mass is 168 g/mol. The van der Waals surface area contributed by atoms with Crippen molar-refractivity contribution in [2.75, 3.05) is 0 Å². The molecule has 1 rings (SSSR count). The third kappa shape index (κ3) is 1.45. The van der Waals surface area contributed by atoms with Crippen LogP contribution in [0, 0.1) is 0 Å². The Morgan fingerprint density at radius 1 is 1.75 bits per heavy atom. The predicted molar refractivity (Wildman–Crippen MR) is 40.9 cm³/mol. The molecule has 12 heavy (non-hydrogen) atoms. The molecule has 0 spiro atoms. The van der Waals surface area contributed by atoms with Crippen LogP contribution in [0.4, 0.5) is 0 Å². The van der Waals surface area contributed by atoms with Crippen molar-refractivity contribution in [3.63, 3.8) is 0 Å². The molecule has 1 aromatic heterocycles. The van der Waals surface area contributed by atoms with Crippen LogP contribution in [-0.2, 0) is 4.79 Å². The average Bonchev–Trinajstić information content (AvgIpc) is 2.53. The molecular weight excluding hydrogens is 160 g/mol. The maximum absolute atomic E-state index is 10.4. The Hall–Kier alpha value is -1.78. The lowest BCUT2D eigenvalue weighted by Gasteiger charge is -1.97. The molecule has 0 bridgehead atoms. The van der Waals surface area contributed by atoms with E-state index in [0.717, 1.165) is 0 Å². The van der Waals surface area contributed by atoms with Gasteiger partial charge < -0.3 is 15.3 Å². The van der Waals surface area contributed by atoms with Crippen molar-refractivity contribution in [1.82, 2.24) is 4.98 Å². The van der Waals surface area contributed by atoms with Crippen LogP contribution < -0.4 is 5.73 Å². The van der Waals surface area contributed by atoms with E-state index in [1.807, 2.05) is 0 Å². The Labute approximate surface area is 68.5 Å². The van der Waals surface area contributed by atoms with Gasteiger partial charge in [0.1, 0.15) is 5.70 Å². The second-order valence-electron chi connectivity index (χ2n) is 2.21. The molecule has 0 aromatic carbocycles. The number of rotatable bonds is 2. The number of aliphatic carboxylic acids is 1. The van der Waals surface area contributed by atoms with E-state index in [-0.39, 0.29) is 5.70 Å². The van der Waals surface area contributed by atoms with Crippen LogP contribution >= 0.6 is 0 Å². The fourth-order valence-corrected chi connectivity index (χ4v) is 0.694. The Morgan fingerprint density at radius 3 is 2.83 bits per heavy atom. The van der Waals surface area contributed by atoms with Gasteiger partial charge in [-0.1, -0.05) is 0 Å². The Bertz CT molecular complexity index is 313. The third-order valence-electron chi connectivity index (χ3n) is 1.44. The number of nitrogens with zero attached hydrogens (tertiary/aromatic N) is 1. The summed E-state index contributed by atoms with van der Waals surface area (Å²) in [5, 5.41) is 8.51. The lowest BCUT2D eigenvalue weighted by molar-refractivity contribution is -0.132. The molecule has 1 heterocycles. The number of hydrogen-bond acceptors (Lipinski definition) is 4. The summed E-state index contributed by atoms with van der Waals surface area (Å²) in [6.07, 6.45) is 2.62. The van der Waals surface area contributed by atoms with E-state index in [1.54, 1.807) is 6.92 Å². The first-order valence-corrected chi connectivity index (χ1v) is 3.21. The zero-order valence-corrected chi connectivity index (χ0v) is 6.44. The Kier molecular flexibility index (Phi) is 2.14. The van der Waals surface area contributed by atoms with Gasteiger partial charge in [-0.05, 0) is 6.92 Å². The normalized spacial score (nSPS) is 12.4. The predicted octanol–water partition coefficient (Wildman–Crippen LogP) is 0.449. The summed E-state index contributed by atoms with van der Waals surface area (Å²) < 4.78 is 4.85. The standard InChI is InChI=1S/C7H8N2O3/c1-4(6(8)7(10)11)5-2-9-3-12-5/h2-3H,8H2,1H3,(H,10,11)/b6-4-. The van der Waals surface area contributed by atoms with Gasteiger partial charge in [-0.3, -0.25) is 0 Å². The van der Waals surface area contributed by atoms with Gasteiger partial charge in [0, 0.05) is 5.57 Å². The van der Waals surface area contributed by atoms with Crippen LogP contribution in [0.25, 0.3) is 5.57 Å². The molecule has 1 aromatic rings. The van der Waals surface area contributed by atoms with Crippen LogP contribution in [0.3, 0.4) is 0 Å². The van der Waals surface area contributed by atoms with Crippen molar-refractivity contribution < 1.29 is 14.3 Å². The summed E-state index contributed by atoms with van der Waals surface area (Å²) in [7, 11) is 0. The minimum absolute atomic E-state index is 0.230. The highest BCUT2D eigenvalue weighted by Gasteiger charge is 2.10. The summed E-state index contributed by atoms with van der Waals surface area (Å²) in [6, 6.07) is 0. The highest BCUT2D eigenvalue weighted by Crippen LogP contribution is 2.14. The molecule has 0 amide bonds. The molecule has 0 saturated heterocycles. The number of aromatic nitrogens is 1. The van der Waals surface area contributed by atoms with E-state index in [1.165, 1.54) is 12.6 Å². The van der Waals surface area contributed by atoms with Gasteiger partial charge in [0.25, 0.3) is 0 Å². The Morgan fingerprint density at radius 2 is 2.42 bits per heavy atom. The van der Waals surface area contributed by atoms with Gasteiger partial charge in [-0.2, -0.15) is 0 Å². The molecule has 5 nitrogen and oxygen atoms in total. The van der Waals surface area contributed by atoms with Crippen LogP contribution in [0.2, 0.25) is 0 Å². The number of nitrogens with two attached hydrogens (primary N) is 1. The van der Waals surface area contributed by atoms with Crippen LogP contribution in [0.1, 0.15) is 12.7 Å². The molecule has 0 aliphatic rings. The molecule has 0 unspecified atom stereocenters. The van der Waals surface area contributed by atoms with Gasteiger partial charge in [0.05, 0.1) is 6.20 Å². The van der Waals surface area contributed by atoms with Crippen LogP contribution in [0.15, 0.2) is 22.7 Å². The van der Waals surface area contributed by atoms with Gasteiger partial charge >= 0.3 is 5.97 Å². The largest absolute Gasteiger partial charge is 0.477 e. The van der Waals surface area contributed by atoms with Crippen molar-refractivity contribution in [2.45, 2.75) is 6.92 Å². The SMILES string of the molecule is C/C(=C(/N)C(=O)O)c1cnco1. The van der Waals surface area contributed by atoms with Crippen molar-refractivity contribution in [3.05, 3.63) is 24.0 Å². The zero-order valence-electron chi connectivity index (χ0n) is 6.44. The number of carboxylic acid groups (broad SMARTS) is 1. The fourth-order valence-electron chi connectivity index (χ4n) is 0.694. The summed E-state index contributed by atoms with van der Waals surface area (Å²) in [5.41, 5.74) is 5.39. The van der Waals surface area contributed by atoms with E-state index in [9.17, 15) is 4.79 Å². The number of carbonyl (C=O) groups is 1. The minimum Gasteiger partial charge on any atom is -0.477 e. The third-order valence-corrected chi connectivity index (χ3v) is 1.44. The van der Waals surface area contributed by atoms with Crippen LogP contribution in [0.5, 0.6) is 0 Å². The second kappa shape index (κ2) is 3.08. The summed E-state index contributed by atoms with van der Waals surface area (Å²) >= 11 is 0. The molecule has 0 radical (unpaired) electrons. The van der Waals surface area contributed by atoms with Gasteiger partial charge in [0.2, 0.25) is 0 Å². The van der Waals surface area contributed by atoms with Crippen molar-refractivity contribution >= 4 is 11.5 Å². The summed E-state index contributed by atoms with van der Waals surface area (Å²) in [4.78, 5) is 14.0. The van der Waals surface area contributed by atoms with Crippen LogP contribution in [-0.4, -0.2) is 16.1 Å². The highest BCUT2D eigenvalue weighted by atomic mass is 16.4. The topological polar surface area (TPSA) is 89.4 Å². The van der Waals surface area contributed by atoms with Gasteiger partial charge in [0.15, 0.2) is 12.2 Å². The van der Waals surface area contributed by atoms with Crippen molar-refractivity contribution in [1.29, 1.82) is 0 Å². The molecule has 5 heteroatoms. The van der Waals surface area contributed by atoms with E-state index in [4.69, 9.17) is 15.3 Å². The number of oxazole rings is 1. The number of carboxylic acids is 1. The Balaban J connectivity index is 3.05. The fraction of sp³-hybridized carbons (Fsp3) is 0.143. The van der Waals surface area contributed by atoms with E-state index in [0.29, 0.717) is 11.3 Å². The van der Waals surface area contributed by atoms with Gasteiger partial charge in [-0.15, -0.1) is 0 Å². The summed E-state index contributed by atoms with van der Waals surface area (Å²) in [6.45, 7) is 1.56. The van der Waals surface area contributed by atoms with E-state index < -0.39 is 5.97 Å². The molecule has 0 atom stereocenters. The number of allylic oxidation sites excluding steroid dienone is 1. The highest BCUT2D eigenvalue weighted by molar-refractivity contribution is 5.94. The number of hydrogen-bond donors (Lipinski definition) is 2. The van der Waals surface area contributed by atoms with E-state index in [2.05, 4.69) is 4.98 Å². The maximum atomic E-state index is 10.4. The average molecular weight is 168 g/mol. The van der Waals surface area contributed by atoms with E-state index >= 15 is 0 Å². The first-order chi connectivity index (χ1) is 5.63. The summed E-state index contributed by atoms with van der Waals surface area (Å²) in [5.74, 6) is -0.793. The van der Waals surface area contributed by atoms with Crippen molar-refractivity contribution in [3.8, 4) is 0 Å². The molecule has 0 aliphatic carbocycles. The first-order valence-electron chi connectivity index (χ1n) is 3.21. The lowest BCUT2D eigenvalue weighted by atomic mass is 10.2. The second-order valence-corrected chi connectivity index (χ2v) is 2.21. The lowest BCUT2D eigenvalue weighted by Crippen LogP contribution is -2.11. The van der Waals surface area contributed by atoms with Crippen molar-refractivity contribution in [2.24, 2.45) is 5.73 Å². The minimum atomic E-state index is -1.16. The molecule has 0 saturated carbocycles. The quantitative estimate of drug-likeness (QED) is 0.625. The first kappa shape index (κ1) is 8.32. The molecule has 3 N–H and O–H groups in total. The molecule has 0 aliphatic heterocycles. The molecular formula is C7H8N2O3. The maximum Gasteiger partial charge on any atom is 0.352 e. The molecule has 64 valence electrons. The molecule has 0 fully saturated rings. The smallest absolute Gasteiger partial charge is 0.352 e.